The summed E-state index contributed by atoms with van der Waals surface area (Å²) in [6.45, 7) is 8.80. The van der Waals surface area contributed by atoms with E-state index >= 15 is 0 Å². The first-order chi connectivity index (χ1) is 21.2. The van der Waals surface area contributed by atoms with Gasteiger partial charge in [-0.3, -0.25) is 13.9 Å². The summed E-state index contributed by atoms with van der Waals surface area (Å²) in [5, 5.41) is 8.41. The van der Waals surface area contributed by atoms with Gasteiger partial charge in [-0.25, -0.2) is 0 Å². The van der Waals surface area contributed by atoms with Crippen molar-refractivity contribution in [2.24, 2.45) is 0 Å². The normalized spacial score (nSPS) is 11.0. The van der Waals surface area contributed by atoms with Gasteiger partial charge in [-0.2, -0.15) is 8.42 Å². The molecule has 0 aromatic rings. The molecule has 268 valence electrons. The Labute approximate surface area is 274 Å². The summed E-state index contributed by atoms with van der Waals surface area (Å²) in [5.41, 5.74) is 0. The molecule has 0 aliphatic carbocycles. The highest BCUT2D eigenvalue weighted by Crippen LogP contribution is 2.12. The molecule has 7 nitrogen and oxygen atoms in total. The fraction of sp³-hybridized carbons (Fsp3) is 0.972. The van der Waals surface area contributed by atoms with Gasteiger partial charge in [0.25, 0.3) is 0 Å². The van der Waals surface area contributed by atoms with Crippen LogP contribution < -0.4 is 0 Å². The SMILES string of the molecule is CCCCCCCCCCCC(=O)O.CCCCCCCCCCCCOCCCCCCCCCCCC.O=S(=O)(O)O. The zero-order valence-corrected chi connectivity index (χ0v) is 30.3. The predicted octanol–water partition coefficient (Wildman–Crippen LogP) is 12.2. The van der Waals surface area contributed by atoms with Crippen molar-refractivity contribution in [1.29, 1.82) is 0 Å². The molecule has 0 saturated carbocycles. The van der Waals surface area contributed by atoms with E-state index in [0.717, 1.165) is 26.1 Å². The molecule has 0 bridgehead atoms. The minimum Gasteiger partial charge on any atom is -0.481 e. The first-order valence-electron chi connectivity index (χ1n) is 18.7. The van der Waals surface area contributed by atoms with Crippen LogP contribution in [-0.4, -0.2) is 41.8 Å². The molecule has 0 heterocycles. The second-order valence-corrected chi connectivity index (χ2v) is 13.3. The molecule has 0 radical (unpaired) electrons. The van der Waals surface area contributed by atoms with Crippen molar-refractivity contribution in [2.45, 2.75) is 213 Å². The number of unbranched alkanes of at least 4 members (excludes halogenated alkanes) is 26. The van der Waals surface area contributed by atoms with Gasteiger partial charge in [0.15, 0.2) is 0 Å². The van der Waals surface area contributed by atoms with Crippen LogP contribution >= 0.6 is 0 Å². The zero-order chi connectivity index (χ0) is 33.4. The number of carbonyl (C=O) groups is 1. The average Bonchev–Trinajstić information content (AvgIpc) is 2.96. The third-order valence-electron chi connectivity index (χ3n) is 7.78. The molecule has 0 atom stereocenters. The van der Waals surface area contributed by atoms with Gasteiger partial charge >= 0.3 is 16.4 Å². The molecular weight excluding hydrogens is 576 g/mol. The van der Waals surface area contributed by atoms with Gasteiger partial charge in [-0.05, 0) is 19.3 Å². The molecular formula is C36H76O7S. The van der Waals surface area contributed by atoms with Gasteiger partial charge in [0.2, 0.25) is 0 Å². The highest BCUT2D eigenvalue weighted by Gasteiger charge is 1.97. The molecule has 0 amide bonds. The van der Waals surface area contributed by atoms with E-state index in [0.29, 0.717) is 6.42 Å². The number of hydrogen-bond acceptors (Lipinski definition) is 4. The van der Waals surface area contributed by atoms with Gasteiger partial charge in [0.05, 0.1) is 0 Å². The van der Waals surface area contributed by atoms with Crippen LogP contribution in [0.1, 0.15) is 213 Å². The number of rotatable bonds is 32. The smallest absolute Gasteiger partial charge is 0.394 e. The van der Waals surface area contributed by atoms with Crippen LogP contribution in [0, 0.1) is 0 Å². The summed E-state index contributed by atoms with van der Waals surface area (Å²) >= 11 is 0. The molecule has 44 heavy (non-hydrogen) atoms. The maximum atomic E-state index is 10.2. The molecule has 0 aliphatic rings. The molecule has 0 spiro atoms. The Hall–Kier alpha value is -0.700. The number of carboxylic acid groups (broad SMARTS) is 1. The van der Waals surface area contributed by atoms with Crippen LogP contribution in [0.15, 0.2) is 0 Å². The maximum absolute atomic E-state index is 10.2. The third kappa shape index (κ3) is 64.3. The Balaban J connectivity index is -0.000000738. The van der Waals surface area contributed by atoms with Crippen LogP contribution in [0.2, 0.25) is 0 Å². The van der Waals surface area contributed by atoms with Gasteiger partial charge < -0.3 is 9.84 Å². The van der Waals surface area contributed by atoms with Crippen LogP contribution in [0.5, 0.6) is 0 Å². The summed E-state index contributed by atoms with van der Waals surface area (Å²) in [6.07, 6.45) is 39.6. The Kier molecular flexibility index (Phi) is 45.9. The van der Waals surface area contributed by atoms with Crippen molar-refractivity contribution in [3.63, 3.8) is 0 Å². The first-order valence-corrected chi connectivity index (χ1v) is 20.1. The Morgan fingerprint density at radius 2 is 0.636 bits per heavy atom. The summed E-state index contributed by atoms with van der Waals surface area (Å²) < 4.78 is 37.4. The fourth-order valence-corrected chi connectivity index (χ4v) is 5.07. The lowest BCUT2D eigenvalue weighted by Crippen LogP contribution is -1.97. The van der Waals surface area contributed by atoms with Crippen LogP contribution in [0.3, 0.4) is 0 Å². The van der Waals surface area contributed by atoms with Crippen molar-refractivity contribution in [2.75, 3.05) is 13.2 Å². The number of hydrogen-bond donors (Lipinski definition) is 3. The van der Waals surface area contributed by atoms with Crippen LogP contribution in [0.25, 0.3) is 0 Å². The van der Waals surface area contributed by atoms with E-state index in [-0.39, 0.29) is 0 Å². The summed E-state index contributed by atoms with van der Waals surface area (Å²) in [4.78, 5) is 10.2. The summed E-state index contributed by atoms with van der Waals surface area (Å²) in [6, 6.07) is 0. The Morgan fingerprint density at radius 3 is 0.864 bits per heavy atom. The van der Waals surface area contributed by atoms with Crippen molar-refractivity contribution in [1.82, 2.24) is 0 Å². The lowest BCUT2D eigenvalue weighted by atomic mass is 10.1. The van der Waals surface area contributed by atoms with Gasteiger partial charge in [0.1, 0.15) is 0 Å². The number of aliphatic carboxylic acids is 1. The van der Waals surface area contributed by atoms with Gasteiger partial charge in [-0.1, -0.05) is 188 Å². The second-order valence-electron chi connectivity index (χ2n) is 12.4. The fourth-order valence-electron chi connectivity index (χ4n) is 5.07. The van der Waals surface area contributed by atoms with E-state index in [9.17, 15) is 4.79 Å². The number of carboxylic acids is 1. The number of ether oxygens (including phenoxy) is 1. The molecule has 0 aliphatic heterocycles. The second kappa shape index (κ2) is 42.3. The topological polar surface area (TPSA) is 121 Å². The van der Waals surface area contributed by atoms with E-state index in [4.69, 9.17) is 27.4 Å². The van der Waals surface area contributed by atoms with E-state index in [1.807, 2.05) is 0 Å². The zero-order valence-electron chi connectivity index (χ0n) is 29.5. The first kappa shape index (κ1) is 47.7. The maximum Gasteiger partial charge on any atom is 0.394 e. The van der Waals surface area contributed by atoms with Crippen molar-refractivity contribution >= 4 is 16.4 Å². The molecule has 3 N–H and O–H groups in total. The highest BCUT2D eigenvalue weighted by molar-refractivity contribution is 7.79. The quantitative estimate of drug-likeness (QED) is 0.0488. The Morgan fingerprint density at radius 1 is 0.432 bits per heavy atom. The van der Waals surface area contributed by atoms with E-state index in [2.05, 4.69) is 20.8 Å². The molecule has 0 rings (SSSR count). The van der Waals surface area contributed by atoms with Crippen molar-refractivity contribution in [3.05, 3.63) is 0 Å². The molecule has 0 saturated heterocycles. The summed E-state index contributed by atoms with van der Waals surface area (Å²) in [7, 11) is -4.67. The Bertz CT molecular complexity index is 596. The van der Waals surface area contributed by atoms with Gasteiger partial charge in [-0.15, -0.1) is 0 Å². The molecule has 0 unspecified atom stereocenters. The summed E-state index contributed by atoms with van der Waals surface area (Å²) in [5.74, 6) is -0.659. The minimum absolute atomic E-state index is 0.343. The lowest BCUT2D eigenvalue weighted by molar-refractivity contribution is -0.137. The largest absolute Gasteiger partial charge is 0.481 e. The lowest BCUT2D eigenvalue weighted by Gasteiger charge is -2.05. The minimum atomic E-state index is -4.67. The monoisotopic (exact) mass is 653 g/mol. The third-order valence-corrected chi connectivity index (χ3v) is 7.78. The van der Waals surface area contributed by atoms with E-state index < -0.39 is 16.4 Å². The van der Waals surface area contributed by atoms with Crippen LogP contribution in [0.4, 0.5) is 0 Å². The van der Waals surface area contributed by atoms with E-state index in [1.165, 1.54) is 173 Å². The van der Waals surface area contributed by atoms with Crippen LogP contribution in [-0.2, 0) is 19.9 Å². The standard InChI is InChI=1S/C24H50O.C12H24O2.H2O4S/c1-3-5-7-9-11-13-15-17-19-21-23-25-24-22-20-18-16-14-12-10-8-6-4-2;1-2-3-4-5-6-7-8-9-10-11-12(13)14;1-5(2,3)4/h3-24H2,1-2H3;2-11H2,1H3,(H,13,14);(H2,1,2,3,4). The van der Waals surface area contributed by atoms with E-state index in [1.54, 1.807) is 0 Å². The average molecular weight is 653 g/mol. The van der Waals surface area contributed by atoms with Gasteiger partial charge in [0, 0.05) is 19.6 Å². The molecule has 0 aromatic heterocycles. The highest BCUT2D eigenvalue weighted by atomic mass is 32.3. The van der Waals surface area contributed by atoms with Crippen molar-refractivity contribution < 1.29 is 32.2 Å². The molecule has 8 heteroatoms. The molecule has 0 fully saturated rings. The predicted molar refractivity (Wildman–Crippen MR) is 188 cm³/mol. The van der Waals surface area contributed by atoms with Crippen molar-refractivity contribution in [3.8, 4) is 0 Å². The molecule has 0 aromatic carbocycles.